The van der Waals surface area contributed by atoms with Crippen LogP contribution in [0.2, 0.25) is 0 Å². The standard InChI is InChI=1S/C20H26N4O/c1-25-17-6-4-5-15(11-17)13-24-10-8-18-16(14-24)12-22-20(23-18)19-7-2-3-9-21-19/h4-6,11-12,19,21H,2-3,7-10,13-14H2,1H3/t19-/m0/s1. The van der Waals surface area contributed by atoms with E-state index in [1.807, 2.05) is 12.3 Å². The van der Waals surface area contributed by atoms with Crippen LogP contribution in [0, 0.1) is 0 Å². The Kier molecular flexibility index (Phi) is 4.95. The lowest BCUT2D eigenvalue weighted by Gasteiger charge is -2.29. The molecule has 1 saturated heterocycles. The summed E-state index contributed by atoms with van der Waals surface area (Å²) in [5.41, 5.74) is 3.79. The summed E-state index contributed by atoms with van der Waals surface area (Å²) in [6, 6.07) is 8.66. The molecule has 2 aliphatic heterocycles. The van der Waals surface area contributed by atoms with Crippen molar-refractivity contribution in [3.63, 3.8) is 0 Å². The Morgan fingerprint density at radius 1 is 1.32 bits per heavy atom. The summed E-state index contributed by atoms with van der Waals surface area (Å²) >= 11 is 0. The molecule has 1 aromatic heterocycles. The van der Waals surface area contributed by atoms with E-state index in [2.05, 4.69) is 33.4 Å². The summed E-state index contributed by atoms with van der Waals surface area (Å²) in [5.74, 6) is 1.91. The van der Waals surface area contributed by atoms with E-state index in [4.69, 9.17) is 9.72 Å². The molecule has 1 N–H and O–H groups in total. The Balaban J connectivity index is 1.44. The van der Waals surface area contributed by atoms with Crippen LogP contribution in [-0.4, -0.2) is 35.1 Å². The first-order valence-corrected chi connectivity index (χ1v) is 9.25. The number of nitrogens with one attached hydrogen (secondary N) is 1. The molecule has 2 aliphatic rings. The zero-order chi connectivity index (χ0) is 17.1. The molecule has 1 aromatic carbocycles. The Morgan fingerprint density at radius 2 is 2.28 bits per heavy atom. The molecular weight excluding hydrogens is 312 g/mol. The van der Waals surface area contributed by atoms with E-state index in [1.165, 1.54) is 29.7 Å². The van der Waals surface area contributed by atoms with Gasteiger partial charge in [0.2, 0.25) is 0 Å². The van der Waals surface area contributed by atoms with Gasteiger partial charge < -0.3 is 10.1 Å². The van der Waals surface area contributed by atoms with Gasteiger partial charge in [0.25, 0.3) is 0 Å². The van der Waals surface area contributed by atoms with Crippen molar-refractivity contribution in [1.82, 2.24) is 20.2 Å². The molecule has 1 atom stereocenters. The molecule has 0 spiro atoms. The fourth-order valence-corrected chi connectivity index (χ4v) is 3.79. The van der Waals surface area contributed by atoms with Crippen molar-refractivity contribution in [3.05, 3.63) is 53.1 Å². The minimum Gasteiger partial charge on any atom is -0.497 e. The normalized spacial score (nSPS) is 20.9. The molecule has 4 rings (SSSR count). The van der Waals surface area contributed by atoms with Crippen LogP contribution in [0.3, 0.4) is 0 Å². The predicted octanol–water partition coefficient (Wildman–Crippen LogP) is 2.86. The van der Waals surface area contributed by atoms with Crippen molar-refractivity contribution in [2.45, 2.75) is 44.8 Å². The van der Waals surface area contributed by atoms with Crippen LogP contribution in [-0.2, 0) is 19.5 Å². The molecule has 2 aromatic rings. The number of ether oxygens (including phenoxy) is 1. The van der Waals surface area contributed by atoms with Gasteiger partial charge in [-0.2, -0.15) is 0 Å². The fraction of sp³-hybridized carbons (Fsp3) is 0.500. The molecule has 0 amide bonds. The highest BCUT2D eigenvalue weighted by molar-refractivity contribution is 5.29. The van der Waals surface area contributed by atoms with Crippen LogP contribution in [0.15, 0.2) is 30.5 Å². The predicted molar refractivity (Wildman–Crippen MR) is 97.4 cm³/mol. The summed E-state index contributed by atoms with van der Waals surface area (Å²) in [4.78, 5) is 12.0. The molecule has 5 nitrogen and oxygen atoms in total. The van der Waals surface area contributed by atoms with Gasteiger partial charge in [-0.1, -0.05) is 18.6 Å². The Hall–Kier alpha value is -1.98. The maximum atomic E-state index is 5.33. The smallest absolute Gasteiger partial charge is 0.145 e. The van der Waals surface area contributed by atoms with Gasteiger partial charge in [-0.3, -0.25) is 4.90 Å². The van der Waals surface area contributed by atoms with Crippen LogP contribution >= 0.6 is 0 Å². The molecule has 0 aliphatic carbocycles. The molecular formula is C20H26N4O. The number of aromatic nitrogens is 2. The van der Waals surface area contributed by atoms with Crippen molar-refractivity contribution < 1.29 is 4.74 Å². The third kappa shape index (κ3) is 3.83. The summed E-state index contributed by atoms with van der Waals surface area (Å²) in [5, 5.41) is 3.55. The van der Waals surface area contributed by atoms with E-state index in [0.29, 0.717) is 6.04 Å². The van der Waals surface area contributed by atoms with Gasteiger partial charge >= 0.3 is 0 Å². The topological polar surface area (TPSA) is 50.3 Å². The fourth-order valence-electron chi connectivity index (χ4n) is 3.79. The van der Waals surface area contributed by atoms with E-state index in [1.54, 1.807) is 7.11 Å². The lowest BCUT2D eigenvalue weighted by Crippen LogP contribution is -2.33. The largest absolute Gasteiger partial charge is 0.497 e. The zero-order valence-electron chi connectivity index (χ0n) is 14.9. The van der Waals surface area contributed by atoms with Crippen molar-refractivity contribution in [2.24, 2.45) is 0 Å². The number of hydrogen-bond acceptors (Lipinski definition) is 5. The highest BCUT2D eigenvalue weighted by Crippen LogP contribution is 2.24. The van der Waals surface area contributed by atoms with E-state index in [9.17, 15) is 0 Å². The molecule has 0 radical (unpaired) electrons. The minimum atomic E-state index is 0.342. The molecule has 1 fully saturated rings. The van der Waals surface area contributed by atoms with Gasteiger partial charge in [0.1, 0.15) is 11.6 Å². The highest BCUT2D eigenvalue weighted by Gasteiger charge is 2.22. The van der Waals surface area contributed by atoms with Gasteiger partial charge in [0.05, 0.1) is 13.2 Å². The van der Waals surface area contributed by atoms with E-state index < -0.39 is 0 Å². The number of rotatable bonds is 4. The third-order valence-corrected chi connectivity index (χ3v) is 5.19. The maximum absolute atomic E-state index is 5.33. The second-order valence-corrected chi connectivity index (χ2v) is 7.01. The van der Waals surface area contributed by atoms with Crippen molar-refractivity contribution in [1.29, 1.82) is 0 Å². The zero-order valence-corrected chi connectivity index (χ0v) is 14.9. The van der Waals surface area contributed by atoms with E-state index >= 15 is 0 Å². The number of hydrogen-bond donors (Lipinski definition) is 1. The molecule has 132 valence electrons. The van der Waals surface area contributed by atoms with Gasteiger partial charge in [-0.05, 0) is 37.1 Å². The summed E-state index contributed by atoms with van der Waals surface area (Å²) in [6.07, 6.45) is 6.74. The molecule has 3 heterocycles. The van der Waals surface area contributed by atoms with Crippen molar-refractivity contribution in [2.75, 3.05) is 20.2 Å². The van der Waals surface area contributed by atoms with Gasteiger partial charge in [-0.15, -0.1) is 0 Å². The molecule has 0 unspecified atom stereocenters. The number of piperidine rings is 1. The second-order valence-electron chi connectivity index (χ2n) is 7.01. The first-order valence-electron chi connectivity index (χ1n) is 9.25. The van der Waals surface area contributed by atoms with Gasteiger partial charge in [0, 0.05) is 43.5 Å². The Bertz CT molecular complexity index is 727. The first-order chi connectivity index (χ1) is 12.3. The van der Waals surface area contributed by atoms with Crippen LogP contribution in [0.1, 0.15) is 47.9 Å². The number of nitrogens with zero attached hydrogens (tertiary/aromatic N) is 3. The van der Waals surface area contributed by atoms with Crippen LogP contribution in [0.25, 0.3) is 0 Å². The maximum Gasteiger partial charge on any atom is 0.145 e. The minimum absolute atomic E-state index is 0.342. The van der Waals surface area contributed by atoms with Crippen LogP contribution < -0.4 is 10.1 Å². The van der Waals surface area contributed by atoms with Crippen molar-refractivity contribution in [3.8, 4) is 5.75 Å². The van der Waals surface area contributed by atoms with Crippen LogP contribution in [0.5, 0.6) is 5.75 Å². The number of benzene rings is 1. The average molecular weight is 338 g/mol. The number of fused-ring (bicyclic) bond motifs is 1. The highest BCUT2D eigenvalue weighted by atomic mass is 16.5. The lowest BCUT2D eigenvalue weighted by atomic mass is 10.0. The first kappa shape index (κ1) is 16.5. The molecule has 25 heavy (non-hydrogen) atoms. The Labute approximate surface area is 149 Å². The molecule has 5 heteroatoms. The van der Waals surface area contributed by atoms with Gasteiger partial charge in [0.15, 0.2) is 0 Å². The summed E-state index contributed by atoms with van der Waals surface area (Å²) < 4.78 is 5.33. The third-order valence-electron chi connectivity index (χ3n) is 5.19. The second kappa shape index (κ2) is 7.50. The molecule has 0 bridgehead atoms. The summed E-state index contributed by atoms with van der Waals surface area (Å²) in [7, 11) is 1.71. The number of methoxy groups -OCH3 is 1. The van der Waals surface area contributed by atoms with E-state index in [-0.39, 0.29) is 0 Å². The lowest BCUT2D eigenvalue weighted by molar-refractivity contribution is 0.241. The van der Waals surface area contributed by atoms with Crippen LogP contribution in [0.4, 0.5) is 0 Å². The van der Waals surface area contributed by atoms with Crippen molar-refractivity contribution >= 4 is 0 Å². The quantitative estimate of drug-likeness (QED) is 0.929. The monoisotopic (exact) mass is 338 g/mol. The van der Waals surface area contributed by atoms with E-state index in [0.717, 1.165) is 50.6 Å². The Morgan fingerprint density at radius 3 is 3.12 bits per heavy atom. The molecule has 0 saturated carbocycles. The average Bonchev–Trinajstić information content (AvgIpc) is 2.68. The summed E-state index contributed by atoms with van der Waals surface area (Å²) in [6.45, 7) is 3.98. The van der Waals surface area contributed by atoms with Gasteiger partial charge in [-0.25, -0.2) is 9.97 Å². The SMILES string of the molecule is COc1cccc(CN2CCc3nc([C@@H]4CCCCN4)ncc3C2)c1.